The van der Waals surface area contributed by atoms with Crippen LogP contribution < -0.4 is 15.8 Å². The van der Waals surface area contributed by atoms with E-state index in [2.05, 4.69) is 5.32 Å². The molecule has 0 saturated carbocycles. The van der Waals surface area contributed by atoms with Crippen molar-refractivity contribution >= 4 is 11.8 Å². The van der Waals surface area contributed by atoms with Crippen LogP contribution in [0.1, 0.15) is 34.1 Å². The lowest BCUT2D eigenvalue weighted by molar-refractivity contribution is 0.0924. The van der Waals surface area contributed by atoms with Gasteiger partial charge in [-0.1, -0.05) is 13.0 Å². The molecule has 2 aromatic carbocycles. The van der Waals surface area contributed by atoms with E-state index in [-0.39, 0.29) is 24.4 Å². The second-order valence-electron chi connectivity index (χ2n) is 5.26. The Morgan fingerprint density at radius 1 is 1.17 bits per heavy atom. The molecule has 2 amide bonds. The number of nitrogens with two attached hydrogens (primary N) is 1. The van der Waals surface area contributed by atoms with Gasteiger partial charge in [0.15, 0.2) is 0 Å². The van der Waals surface area contributed by atoms with Crippen molar-refractivity contribution in [1.29, 1.82) is 0 Å². The molecule has 126 valence electrons. The second-order valence-corrected chi connectivity index (χ2v) is 5.26. The summed E-state index contributed by atoms with van der Waals surface area (Å²) < 4.78 is 18.8. The van der Waals surface area contributed by atoms with Gasteiger partial charge in [-0.05, 0) is 42.8 Å². The number of ether oxygens (including phenoxy) is 1. The van der Waals surface area contributed by atoms with E-state index in [0.29, 0.717) is 23.3 Å². The molecule has 0 aliphatic rings. The molecule has 24 heavy (non-hydrogen) atoms. The van der Waals surface area contributed by atoms with Gasteiger partial charge in [0.2, 0.25) is 5.91 Å². The van der Waals surface area contributed by atoms with Crippen molar-refractivity contribution in [3.8, 4) is 5.75 Å². The Bertz CT molecular complexity index is 716. The molecule has 0 aliphatic carbocycles. The number of hydrogen-bond acceptors (Lipinski definition) is 3. The summed E-state index contributed by atoms with van der Waals surface area (Å²) >= 11 is 0. The van der Waals surface area contributed by atoms with Crippen LogP contribution in [0.15, 0.2) is 48.5 Å². The summed E-state index contributed by atoms with van der Waals surface area (Å²) in [5, 5.41) is 2.76. The van der Waals surface area contributed by atoms with Gasteiger partial charge in [-0.2, -0.15) is 0 Å². The van der Waals surface area contributed by atoms with Crippen LogP contribution in [0.4, 0.5) is 4.39 Å². The lowest BCUT2D eigenvalue weighted by Gasteiger charge is -2.18. The van der Waals surface area contributed by atoms with E-state index in [1.807, 2.05) is 6.92 Å². The third-order valence-electron chi connectivity index (χ3n) is 3.48. The van der Waals surface area contributed by atoms with Gasteiger partial charge in [0.05, 0.1) is 6.54 Å². The first-order valence-electron chi connectivity index (χ1n) is 7.60. The fourth-order valence-corrected chi connectivity index (χ4v) is 2.10. The first kappa shape index (κ1) is 17.5. The number of hydrogen-bond donors (Lipinski definition) is 2. The quantitative estimate of drug-likeness (QED) is 0.818. The van der Waals surface area contributed by atoms with Crippen LogP contribution in [0.2, 0.25) is 0 Å². The van der Waals surface area contributed by atoms with E-state index in [4.69, 9.17) is 10.5 Å². The molecule has 3 N–H and O–H groups in total. The number of benzene rings is 2. The number of nitrogens with one attached hydrogen (secondary N) is 1. The van der Waals surface area contributed by atoms with Gasteiger partial charge in [-0.15, -0.1) is 0 Å². The number of amides is 2. The van der Waals surface area contributed by atoms with E-state index in [1.54, 1.807) is 12.1 Å². The normalized spacial score (nSPS) is 11.6. The lowest BCUT2D eigenvalue weighted by atomic mass is 10.1. The zero-order valence-electron chi connectivity index (χ0n) is 13.3. The third kappa shape index (κ3) is 4.81. The first-order chi connectivity index (χ1) is 11.5. The Kier molecular flexibility index (Phi) is 5.89. The van der Waals surface area contributed by atoms with Crippen LogP contribution >= 0.6 is 0 Å². The van der Waals surface area contributed by atoms with Crippen LogP contribution in [0.3, 0.4) is 0 Å². The molecule has 0 bridgehead atoms. The molecule has 5 nitrogen and oxygen atoms in total. The Hall–Kier alpha value is -2.89. The van der Waals surface area contributed by atoms with Crippen LogP contribution in [-0.2, 0) is 0 Å². The highest BCUT2D eigenvalue weighted by Gasteiger charge is 2.12. The van der Waals surface area contributed by atoms with Crippen molar-refractivity contribution in [2.24, 2.45) is 5.73 Å². The molecule has 0 heterocycles. The summed E-state index contributed by atoms with van der Waals surface area (Å²) in [5.74, 6) is -0.786. The van der Waals surface area contributed by atoms with Crippen molar-refractivity contribution in [1.82, 2.24) is 5.32 Å². The molecule has 0 saturated heterocycles. The number of carbonyl (C=O) groups excluding carboxylic acids is 2. The maximum absolute atomic E-state index is 13.2. The maximum atomic E-state index is 13.2. The van der Waals surface area contributed by atoms with Gasteiger partial charge in [0.25, 0.3) is 5.91 Å². The van der Waals surface area contributed by atoms with E-state index >= 15 is 0 Å². The van der Waals surface area contributed by atoms with Crippen molar-refractivity contribution in [2.75, 3.05) is 6.54 Å². The molecule has 0 unspecified atom stereocenters. The summed E-state index contributed by atoms with van der Waals surface area (Å²) in [6.45, 7) is 2.20. The third-order valence-corrected chi connectivity index (χ3v) is 3.48. The van der Waals surface area contributed by atoms with Gasteiger partial charge in [-0.25, -0.2) is 4.39 Å². The minimum Gasteiger partial charge on any atom is -0.489 e. The Morgan fingerprint density at radius 3 is 2.42 bits per heavy atom. The van der Waals surface area contributed by atoms with Gasteiger partial charge in [0.1, 0.15) is 17.7 Å². The summed E-state index contributed by atoms with van der Waals surface area (Å²) in [5.41, 5.74) is 5.91. The minimum absolute atomic E-state index is 0.277. The Balaban J connectivity index is 1.92. The van der Waals surface area contributed by atoms with E-state index < -0.39 is 5.91 Å². The molecule has 2 aromatic rings. The molecule has 2 rings (SSSR count). The number of carbonyl (C=O) groups is 2. The van der Waals surface area contributed by atoms with E-state index in [1.165, 1.54) is 36.4 Å². The van der Waals surface area contributed by atoms with Crippen LogP contribution in [0.5, 0.6) is 5.75 Å². The predicted octanol–water partition coefficient (Wildman–Crippen LogP) is 2.51. The molecule has 0 aromatic heterocycles. The minimum atomic E-state index is -0.545. The zero-order chi connectivity index (χ0) is 17.5. The van der Waals surface area contributed by atoms with Crippen molar-refractivity contribution in [3.63, 3.8) is 0 Å². The average Bonchev–Trinajstić information content (AvgIpc) is 2.58. The Labute approximate surface area is 139 Å². The highest BCUT2D eigenvalue weighted by atomic mass is 19.1. The van der Waals surface area contributed by atoms with Gasteiger partial charge < -0.3 is 15.8 Å². The smallest absolute Gasteiger partial charge is 0.251 e. The Morgan fingerprint density at radius 2 is 1.83 bits per heavy atom. The molecule has 0 aliphatic heterocycles. The van der Waals surface area contributed by atoms with E-state index in [9.17, 15) is 14.0 Å². The van der Waals surface area contributed by atoms with Crippen molar-refractivity contribution in [2.45, 2.75) is 19.4 Å². The molecule has 6 heteroatoms. The first-order valence-corrected chi connectivity index (χ1v) is 7.60. The molecular weight excluding hydrogens is 311 g/mol. The van der Waals surface area contributed by atoms with Crippen LogP contribution in [-0.4, -0.2) is 24.5 Å². The predicted molar refractivity (Wildman–Crippen MR) is 88.4 cm³/mol. The van der Waals surface area contributed by atoms with Crippen molar-refractivity contribution in [3.05, 3.63) is 65.5 Å². The molecule has 0 radical (unpaired) electrons. The summed E-state index contributed by atoms with van der Waals surface area (Å²) in [6.07, 6.45) is 0.373. The topological polar surface area (TPSA) is 81.4 Å². The van der Waals surface area contributed by atoms with Crippen LogP contribution in [0.25, 0.3) is 0 Å². The monoisotopic (exact) mass is 330 g/mol. The lowest BCUT2D eigenvalue weighted by Crippen LogP contribution is -2.35. The standard InChI is InChI=1S/C18H19FN2O3/c1-2-15(24-16-5-3-4-14(19)10-16)11-21-18(23)13-8-6-12(7-9-13)17(20)22/h3-10,15H,2,11H2,1H3,(H2,20,22)(H,21,23)/t15-/m0/s1. The summed E-state index contributed by atoms with van der Waals surface area (Å²) in [7, 11) is 0. The van der Waals surface area contributed by atoms with Gasteiger partial charge >= 0.3 is 0 Å². The fourth-order valence-electron chi connectivity index (χ4n) is 2.10. The number of primary amides is 1. The average molecular weight is 330 g/mol. The van der Waals surface area contributed by atoms with Crippen LogP contribution in [0, 0.1) is 5.82 Å². The van der Waals surface area contributed by atoms with E-state index in [0.717, 1.165) is 0 Å². The number of halogens is 1. The molecule has 0 fully saturated rings. The zero-order valence-corrected chi connectivity index (χ0v) is 13.3. The fraction of sp³-hybridized carbons (Fsp3) is 0.222. The SMILES string of the molecule is CC[C@@H](CNC(=O)c1ccc(C(N)=O)cc1)Oc1cccc(F)c1. The highest BCUT2D eigenvalue weighted by Crippen LogP contribution is 2.15. The summed E-state index contributed by atoms with van der Waals surface area (Å²) in [4.78, 5) is 23.1. The molecule has 0 spiro atoms. The maximum Gasteiger partial charge on any atom is 0.251 e. The van der Waals surface area contributed by atoms with Gasteiger partial charge in [0, 0.05) is 17.2 Å². The largest absolute Gasteiger partial charge is 0.489 e. The number of rotatable bonds is 7. The van der Waals surface area contributed by atoms with Gasteiger partial charge in [-0.3, -0.25) is 9.59 Å². The molecule has 1 atom stereocenters. The highest BCUT2D eigenvalue weighted by molar-refractivity contribution is 5.97. The molecular formula is C18H19FN2O3. The summed E-state index contributed by atoms with van der Waals surface area (Å²) in [6, 6.07) is 11.9. The van der Waals surface area contributed by atoms with Crippen molar-refractivity contribution < 1.29 is 18.7 Å². The second kappa shape index (κ2) is 8.10.